The molecule has 0 aromatic rings. The summed E-state index contributed by atoms with van der Waals surface area (Å²) in [5.74, 6) is -13.7. The molecule has 0 N–H and O–H groups in total. The molecule has 0 saturated heterocycles. The van der Waals surface area contributed by atoms with Gasteiger partial charge in [0.25, 0.3) is 0 Å². The molecular formula is C16H20F7O8S-. The third-order valence-electron chi connectivity index (χ3n) is 3.38. The van der Waals surface area contributed by atoms with E-state index in [0.29, 0.717) is 0 Å². The first-order valence-corrected chi connectivity index (χ1v) is 9.95. The van der Waals surface area contributed by atoms with Crippen LogP contribution in [-0.2, 0) is 33.9 Å². The van der Waals surface area contributed by atoms with Crippen LogP contribution in [0.1, 0.15) is 40.0 Å². The Labute approximate surface area is 178 Å². The standard InChI is InChI=1S/C16H21F7O8S/c1-5-10(24)30-14(15(19,20)21,11(25)31-12(2,3)4)29-9-7-6-8-13(17,18)16(22,23)32(26,27)28/h5H,1,6-9H2,2-4H3,(H,26,27,28)/p-1. The van der Waals surface area contributed by atoms with Gasteiger partial charge in [-0.1, -0.05) is 6.58 Å². The second-order valence-corrected chi connectivity index (χ2v) is 8.64. The minimum Gasteiger partial charge on any atom is -0.743 e. The lowest BCUT2D eigenvalue weighted by atomic mass is 10.1. The van der Waals surface area contributed by atoms with Crippen LogP contribution >= 0.6 is 0 Å². The van der Waals surface area contributed by atoms with Crippen molar-refractivity contribution >= 4 is 22.1 Å². The van der Waals surface area contributed by atoms with E-state index < -0.39 is 76.7 Å². The Bertz CT molecular complexity index is 802. The van der Waals surface area contributed by atoms with Gasteiger partial charge in [-0.15, -0.1) is 0 Å². The molecule has 0 aliphatic carbocycles. The van der Waals surface area contributed by atoms with Crippen LogP contribution in [0.25, 0.3) is 0 Å². The maximum Gasteiger partial charge on any atom is 0.468 e. The van der Waals surface area contributed by atoms with E-state index in [9.17, 15) is 53.3 Å². The van der Waals surface area contributed by atoms with Gasteiger partial charge in [0.05, 0.1) is 6.61 Å². The molecule has 0 rings (SSSR count). The molecule has 0 radical (unpaired) electrons. The van der Waals surface area contributed by atoms with Gasteiger partial charge in [0, 0.05) is 12.5 Å². The zero-order valence-electron chi connectivity index (χ0n) is 16.9. The predicted octanol–water partition coefficient (Wildman–Crippen LogP) is 3.28. The first kappa shape index (κ1) is 30.1. The summed E-state index contributed by atoms with van der Waals surface area (Å²) in [5, 5.41) is -5.97. The second kappa shape index (κ2) is 9.91. The van der Waals surface area contributed by atoms with Gasteiger partial charge >= 0.3 is 35.1 Å². The van der Waals surface area contributed by atoms with Crippen LogP contribution in [0.4, 0.5) is 30.7 Å². The number of unbranched alkanes of at least 4 members (excludes halogenated alkanes) is 1. The molecule has 0 aromatic heterocycles. The second-order valence-electron chi connectivity index (χ2n) is 7.22. The van der Waals surface area contributed by atoms with Crippen LogP contribution in [0.3, 0.4) is 0 Å². The minimum absolute atomic E-state index is 0.264. The molecule has 0 amide bonds. The monoisotopic (exact) mass is 505 g/mol. The maximum atomic E-state index is 13.6. The van der Waals surface area contributed by atoms with Crippen molar-refractivity contribution in [2.75, 3.05) is 6.61 Å². The highest BCUT2D eigenvalue weighted by atomic mass is 32.2. The lowest BCUT2D eigenvalue weighted by Gasteiger charge is -2.34. The Balaban J connectivity index is 5.55. The van der Waals surface area contributed by atoms with Gasteiger partial charge in [-0.25, -0.2) is 18.0 Å². The van der Waals surface area contributed by atoms with E-state index in [1.165, 1.54) is 20.8 Å². The summed E-state index contributed by atoms with van der Waals surface area (Å²) >= 11 is 0. The largest absolute Gasteiger partial charge is 0.743 e. The lowest BCUT2D eigenvalue weighted by molar-refractivity contribution is -0.356. The quantitative estimate of drug-likeness (QED) is 0.105. The van der Waals surface area contributed by atoms with Crippen molar-refractivity contribution in [3.8, 4) is 0 Å². The number of ether oxygens (including phenoxy) is 3. The van der Waals surface area contributed by atoms with E-state index in [-0.39, 0.29) is 6.08 Å². The summed E-state index contributed by atoms with van der Waals surface area (Å²) in [6.07, 6.45) is -9.35. The van der Waals surface area contributed by atoms with E-state index >= 15 is 0 Å². The molecule has 0 heterocycles. The van der Waals surface area contributed by atoms with Crippen molar-refractivity contribution in [1.82, 2.24) is 0 Å². The average Bonchev–Trinajstić information content (AvgIpc) is 2.56. The third kappa shape index (κ3) is 7.30. The van der Waals surface area contributed by atoms with Crippen molar-refractivity contribution in [2.24, 2.45) is 0 Å². The Morgan fingerprint density at radius 1 is 0.969 bits per heavy atom. The highest BCUT2D eigenvalue weighted by Gasteiger charge is 2.68. The number of halogens is 7. The summed E-state index contributed by atoms with van der Waals surface area (Å²) in [6, 6.07) is 0. The Morgan fingerprint density at radius 3 is 1.84 bits per heavy atom. The van der Waals surface area contributed by atoms with Crippen molar-refractivity contribution in [2.45, 2.75) is 68.8 Å². The van der Waals surface area contributed by atoms with Gasteiger partial charge in [0.15, 0.2) is 10.1 Å². The summed E-state index contributed by atoms with van der Waals surface area (Å²) in [4.78, 5) is 23.5. The van der Waals surface area contributed by atoms with Crippen LogP contribution in [0.2, 0.25) is 0 Å². The molecule has 0 spiro atoms. The Hall–Kier alpha value is -1.94. The van der Waals surface area contributed by atoms with Crippen LogP contribution in [0.15, 0.2) is 12.7 Å². The van der Waals surface area contributed by atoms with Gasteiger partial charge in [0.1, 0.15) is 5.60 Å². The molecular weight excluding hydrogens is 485 g/mol. The number of carbonyl (C=O) groups excluding carboxylic acids is 2. The van der Waals surface area contributed by atoms with E-state index in [1.807, 2.05) is 0 Å². The SMILES string of the molecule is C=CC(=O)OC(OCCCCC(F)(F)C(F)(F)S(=O)(=O)[O-])(C(=O)OC(C)(C)C)C(F)(F)F. The summed E-state index contributed by atoms with van der Waals surface area (Å²) in [5.41, 5.74) is -1.52. The molecule has 8 nitrogen and oxygen atoms in total. The molecule has 1 unspecified atom stereocenters. The van der Waals surface area contributed by atoms with Gasteiger partial charge in [-0.2, -0.15) is 30.7 Å². The molecule has 0 bridgehead atoms. The number of hydrogen-bond acceptors (Lipinski definition) is 8. The average molecular weight is 505 g/mol. The lowest BCUT2D eigenvalue weighted by Crippen LogP contribution is -2.59. The van der Waals surface area contributed by atoms with Gasteiger partial charge in [-0.05, 0) is 33.6 Å². The van der Waals surface area contributed by atoms with Gasteiger partial charge < -0.3 is 18.8 Å². The van der Waals surface area contributed by atoms with Crippen molar-refractivity contribution in [3.05, 3.63) is 12.7 Å². The van der Waals surface area contributed by atoms with Crippen LogP contribution < -0.4 is 0 Å². The summed E-state index contributed by atoms with van der Waals surface area (Å²) in [7, 11) is -6.73. The molecule has 188 valence electrons. The number of rotatable bonds is 11. The summed E-state index contributed by atoms with van der Waals surface area (Å²) < 4.78 is 138. The zero-order chi connectivity index (χ0) is 25.8. The summed E-state index contributed by atoms with van der Waals surface area (Å²) in [6.45, 7) is 5.13. The fourth-order valence-corrected chi connectivity index (χ4v) is 2.38. The van der Waals surface area contributed by atoms with E-state index in [4.69, 9.17) is 0 Å². The number of carbonyl (C=O) groups is 2. The van der Waals surface area contributed by atoms with E-state index in [2.05, 4.69) is 20.8 Å². The van der Waals surface area contributed by atoms with Crippen LogP contribution in [0, 0.1) is 0 Å². The van der Waals surface area contributed by atoms with Crippen molar-refractivity contribution in [1.29, 1.82) is 0 Å². The number of esters is 2. The number of hydrogen-bond donors (Lipinski definition) is 0. The molecule has 0 saturated carbocycles. The maximum absolute atomic E-state index is 13.6. The molecule has 0 aliphatic rings. The first-order chi connectivity index (χ1) is 14.0. The fraction of sp³-hybridized carbons (Fsp3) is 0.750. The smallest absolute Gasteiger partial charge is 0.468 e. The van der Waals surface area contributed by atoms with E-state index in [1.54, 1.807) is 0 Å². The highest BCUT2D eigenvalue weighted by molar-refractivity contribution is 7.86. The molecule has 32 heavy (non-hydrogen) atoms. The Kier molecular flexibility index (Phi) is 9.31. The van der Waals surface area contributed by atoms with Crippen LogP contribution in [0.5, 0.6) is 0 Å². The molecule has 0 aliphatic heterocycles. The highest BCUT2D eigenvalue weighted by Crippen LogP contribution is 2.42. The zero-order valence-corrected chi connectivity index (χ0v) is 17.7. The van der Waals surface area contributed by atoms with Crippen LogP contribution in [-0.4, -0.2) is 60.3 Å². The first-order valence-electron chi connectivity index (χ1n) is 8.55. The topological polar surface area (TPSA) is 119 Å². The minimum atomic E-state index is -6.73. The van der Waals surface area contributed by atoms with Crippen molar-refractivity contribution in [3.63, 3.8) is 0 Å². The molecule has 0 aromatic carbocycles. The fourth-order valence-electron chi connectivity index (χ4n) is 1.91. The molecule has 1 atom stereocenters. The van der Waals surface area contributed by atoms with Gasteiger partial charge in [0.2, 0.25) is 0 Å². The normalized spacial score (nSPS) is 15.6. The van der Waals surface area contributed by atoms with Gasteiger partial charge in [-0.3, -0.25) is 0 Å². The molecule has 0 fully saturated rings. The number of alkyl halides is 7. The van der Waals surface area contributed by atoms with E-state index in [0.717, 1.165) is 0 Å². The van der Waals surface area contributed by atoms with Crippen molar-refractivity contribution < 1.29 is 67.5 Å². The Morgan fingerprint density at radius 2 is 1.47 bits per heavy atom. The molecule has 16 heteroatoms. The predicted molar refractivity (Wildman–Crippen MR) is 90.3 cm³/mol. The third-order valence-corrected chi connectivity index (χ3v) is 4.31.